The molecule has 0 aliphatic carbocycles. The molecule has 1 aliphatic rings. The van der Waals surface area contributed by atoms with Crippen molar-refractivity contribution in [3.63, 3.8) is 0 Å². The SMILES string of the molecule is CC.CN1CCC(NC=O)C1.Cc1ccc2[nH]c(-c3cc4ccccc4[nH]c3=O)cc2c1. The molecule has 0 bridgehead atoms. The van der Waals surface area contributed by atoms with Gasteiger partial charge in [-0.15, -0.1) is 0 Å². The summed E-state index contributed by atoms with van der Waals surface area (Å²) in [4.78, 5) is 30.7. The predicted molar refractivity (Wildman–Crippen MR) is 133 cm³/mol. The normalized spacial score (nSPS) is 15.6. The second-order valence-corrected chi connectivity index (χ2v) is 7.91. The molecule has 5 rings (SSSR count). The third-order valence-electron chi connectivity index (χ3n) is 5.51. The summed E-state index contributed by atoms with van der Waals surface area (Å²) in [7, 11) is 2.06. The number of fused-ring (bicyclic) bond motifs is 2. The Morgan fingerprint density at radius 3 is 2.47 bits per heavy atom. The predicted octanol–water partition coefficient (Wildman–Crippen LogP) is 4.45. The zero-order valence-electron chi connectivity index (χ0n) is 19.2. The fraction of sp³-hybridized carbons (Fsp3) is 0.308. The molecule has 0 spiro atoms. The Morgan fingerprint density at radius 1 is 1.00 bits per heavy atom. The summed E-state index contributed by atoms with van der Waals surface area (Å²) in [6.07, 6.45) is 1.87. The van der Waals surface area contributed by atoms with Crippen molar-refractivity contribution in [1.82, 2.24) is 20.2 Å². The number of nitrogens with zero attached hydrogens (tertiary/aromatic N) is 1. The van der Waals surface area contributed by atoms with Gasteiger partial charge in [0.05, 0.1) is 11.3 Å². The third kappa shape index (κ3) is 5.45. The van der Waals surface area contributed by atoms with Crippen LogP contribution in [-0.4, -0.2) is 47.5 Å². The van der Waals surface area contributed by atoms with E-state index in [2.05, 4.69) is 46.3 Å². The van der Waals surface area contributed by atoms with Gasteiger partial charge in [-0.3, -0.25) is 9.59 Å². The minimum Gasteiger partial charge on any atom is -0.355 e. The number of rotatable bonds is 3. The molecule has 4 aromatic rings. The third-order valence-corrected chi connectivity index (χ3v) is 5.51. The lowest BCUT2D eigenvalue weighted by Gasteiger charge is -2.07. The van der Waals surface area contributed by atoms with E-state index in [1.54, 1.807) is 0 Å². The first-order valence-electron chi connectivity index (χ1n) is 11.1. The molecule has 6 nitrogen and oxygen atoms in total. The number of aryl methyl sites for hydroxylation is 1. The molecule has 168 valence electrons. The molecule has 32 heavy (non-hydrogen) atoms. The topological polar surface area (TPSA) is 81.0 Å². The first-order chi connectivity index (χ1) is 15.5. The van der Waals surface area contributed by atoms with Crippen LogP contribution in [0.3, 0.4) is 0 Å². The number of para-hydroxylation sites is 1. The minimum atomic E-state index is -0.0722. The van der Waals surface area contributed by atoms with Gasteiger partial charge >= 0.3 is 0 Å². The van der Waals surface area contributed by atoms with Crippen molar-refractivity contribution in [3.05, 3.63) is 70.5 Å². The molecular formula is C26H32N4O2. The average molecular weight is 433 g/mol. The largest absolute Gasteiger partial charge is 0.355 e. The molecule has 1 atom stereocenters. The molecule has 0 saturated carbocycles. The highest BCUT2D eigenvalue weighted by Crippen LogP contribution is 2.24. The number of benzene rings is 2. The van der Waals surface area contributed by atoms with Crippen LogP contribution in [-0.2, 0) is 4.79 Å². The van der Waals surface area contributed by atoms with Gasteiger partial charge in [-0.25, -0.2) is 0 Å². The van der Waals surface area contributed by atoms with Crippen molar-refractivity contribution in [3.8, 4) is 11.3 Å². The standard InChI is InChI=1S/C18H14N2O.C6H12N2O.C2H6/c1-11-6-7-16-13(8-11)10-17(19-16)14-9-12-4-2-3-5-15(12)20-18(14)21;1-8-3-2-6(4-8)7-5-9;1-2/h2-10,19H,1H3,(H,20,21);5-6H,2-4H2,1H3,(H,7,9);1-2H3. The Labute approximate surface area is 188 Å². The van der Waals surface area contributed by atoms with E-state index in [1.807, 2.05) is 56.3 Å². The zero-order chi connectivity index (χ0) is 23.1. The summed E-state index contributed by atoms with van der Waals surface area (Å²) in [5.41, 5.74) is 4.56. The van der Waals surface area contributed by atoms with Crippen LogP contribution in [0.5, 0.6) is 0 Å². The highest BCUT2D eigenvalue weighted by Gasteiger charge is 2.17. The maximum absolute atomic E-state index is 12.3. The zero-order valence-corrected chi connectivity index (χ0v) is 19.2. The number of H-pyrrole nitrogens is 2. The van der Waals surface area contributed by atoms with E-state index in [9.17, 15) is 9.59 Å². The van der Waals surface area contributed by atoms with E-state index < -0.39 is 0 Å². The number of carbonyl (C=O) groups is 1. The molecule has 3 N–H and O–H groups in total. The van der Waals surface area contributed by atoms with E-state index >= 15 is 0 Å². The molecule has 1 fully saturated rings. The van der Waals surface area contributed by atoms with Gasteiger partial charge < -0.3 is 20.2 Å². The number of aromatic amines is 2. The number of hydrogen-bond donors (Lipinski definition) is 3. The molecule has 6 heteroatoms. The molecule has 2 aromatic carbocycles. The Bertz CT molecular complexity index is 1240. The van der Waals surface area contributed by atoms with Crippen LogP contribution >= 0.6 is 0 Å². The summed E-state index contributed by atoms with van der Waals surface area (Å²) < 4.78 is 0. The molecule has 3 heterocycles. The van der Waals surface area contributed by atoms with Crippen LogP contribution in [0.2, 0.25) is 0 Å². The lowest BCUT2D eigenvalue weighted by atomic mass is 10.1. The number of likely N-dealkylation sites (N-methyl/N-ethyl adjacent to an activating group) is 1. The fourth-order valence-electron chi connectivity index (χ4n) is 3.91. The summed E-state index contributed by atoms with van der Waals surface area (Å²) >= 11 is 0. The molecule has 1 unspecified atom stereocenters. The second-order valence-electron chi connectivity index (χ2n) is 7.91. The van der Waals surface area contributed by atoms with Gasteiger partial charge in [0, 0.05) is 29.0 Å². The summed E-state index contributed by atoms with van der Waals surface area (Å²) in [5.74, 6) is 0. The first kappa shape index (κ1) is 23.3. The summed E-state index contributed by atoms with van der Waals surface area (Å²) in [6, 6.07) is 18.4. The van der Waals surface area contributed by atoms with Crippen LogP contribution in [0.15, 0.2) is 59.4 Å². The molecule has 2 aromatic heterocycles. The summed E-state index contributed by atoms with van der Waals surface area (Å²) in [5, 5.41) is 4.90. The number of likely N-dealkylation sites (tertiary alicyclic amines) is 1. The highest BCUT2D eigenvalue weighted by atomic mass is 16.1. The number of amides is 1. The first-order valence-corrected chi connectivity index (χ1v) is 11.1. The number of pyridine rings is 1. The smallest absolute Gasteiger partial charge is 0.257 e. The van der Waals surface area contributed by atoms with Crippen molar-refractivity contribution in [1.29, 1.82) is 0 Å². The Hall–Kier alpha value is -3.38. The maximum atomic E-state index is 12.3. The van der Waals surface area contributed by atoms with E-state index in [4.69, 9.17) is 0 Å². The van der Waals surface area contributed by atoms with Gasteiger partial charge in [-0.1, -0.05) is 43.7 Å². The lowest BCUT2D eigenvalue weighted by molar-refractivity contribution is -0.110. The summed E-state index contributed by atoms with van der Waals surface area (Å²) in [6.45, 7) is 8.17. The molecular weight excluding hydrogens is 400 g/mol. The van der Waals surface area contributed by atoms with Crippen LogP contribution in [0.25, 0.3) is 33.1 Å². The monoisotopic (exact) mass is 432 g/mol. The Morgan fingerprint density at radius 2 is 1.75 bits per heavy atom. The van der Waals surface area contributed by atoms with E-state index in [0.29, 0.717) is 11.6 Å². The quantitative estimate of drug-likeness (QED) is 0.419. The highest BCUT2D eigenvalue weighted by molar-refractivity contribution is 5.89. The molecule has 1 saturated heterocycles. The van der Waals surface area contributed by atoms with Crippen molar-refractivity contribution >= 4 is 28.2 Å². The number of hydrogen-bond acceptors (Lipinski definition) is 3. The van der Waals surface area contributed by atoms with E-state index in [-0.39, 0.29) is 5.56 Å². The van der Waals surface area contributed by atoms with Crippen LogP contribution < -0.4 is 10.9 Å². The molecule has 1 aliphatic heterocycles. The van der Waals surface area contributed by atoms with Gasteiger partial charge in [0.2, 0.25) is 6.41 Å². The van der Waals surface area contributed by atoms with Crippen molar-refractivity contribution in [2.45, 2.75) is 33.2 Å². The number of aromatic nitrogens is 2. The molecule has 0 radical (unpaired) electrons. The van der Waals surface area contributed by atoms with Crippen molar-refractivity contribution < 1.29 is 4.79 Å². The lowest BCUT2D eigenvalue weighted by Crippen LogP contribution is -2.29. The second kappa shape index (κ2) is 10.8. The van der Waals surface area contributed by atoms with Gasteiger partial charge in [0.15, 0.2) is 0 Å². The van der Waals surface area contributed by atoms with Gasteiger partial charge in [0.25, 0.3) is 5.56 Å². The number of carbonyl (C=O) groups excluding carboxylic acids is 1. The van der Waals surface area contributed by atoms with Crippen LogP contribution in [0.1, 0.15) is 25.8 Å². The van der Waals surface area contributed by atoms with Gasteiger partial charge in [-0.2, -0.15) is 0 Å². The van der Waals surface area contributed by atoms with E-state index in [1.165, 1.54) is 5.56 Å². The van der Waals surface area contributed by atoms with Crippen LogP contribution in [0, 0.1) is 6.92 Å². The fourth-order valence-corrected chi connectivity index (χ4v) is 3.91. The van der Waals surface area contributed by atoms with Gasteiger partial charge in [0.1, 0.15) is 0 Å². The van der Waals surface area contributed by atoms with Crippen LogP contribution in [0.4, 0.5) is 0 Å². The van der Waals surface area contributed by atoms with E-state index in [0.717, 1.165) is 53.4 Å². The average Bonchev–Trinajstić information content (AvgIpc) is 3.40. The van der Waals surface area contributed by atoms with Crippen molar-refractivity contribution in [2.75, 3.05) is 20.1 Å². The maximum Gasteiger partial charge on any atom is 0.257 e. The minimum absolute atomic E-state index is 0.0722. The Balaban J connectivity index is 0.000000222. The molecule has 1 amide bonds. The number of nitrogens with one attached hydrogen (secondary N) is 3. The van der Waals surface area contributed by atoms with Crippen molar-refractivity contribution in [2.24, 2.45) is 0 Å². The Kier molecular flexibility index (Phi) is 7.84. The van der Waals surface area contributed by atoms with Gasteiger partial charge in [-0.05, 0) is 62.7 Å².